The third-order valence-electron chi connectivity index (χ3n) is 9.71. The molecule has 0 spiro atoms. The number of likely N-dealkylation sites (tertiary alicyclic amines) is 1. The molecule has 3 atom stereocenters. The normalized spacial score (nSPS) is 19.7. The van der Waals surface area contributed by atoms with Gasteiger partial charge in [-0.2, -0.15) is 0 Å². The highest BCUT2D eigenvalue weighted by Crippen LogP contribution is 2.42. The summed E-state index contributed by atoms with van der Waals surface area (Å²) >= 11 is 14.5. The van der Waals surface area contributed by atoms with Crippen molar-refractivity contribution in [3.8, 4) is 11.5 Å². The number of benzene rings is 1. The third-order valence-corrected chi connectivity index (χ3v) is 12.5. The maximum absolute atomic E-state index is 13.9. The number of thioether (sulfide) groups is 1. The number of hydrogen-bond acceptors (Lipinski definition) is 14. The summed E-state index contributed by atoms with van der Waals surface area (Å²) in [4.78, 5) is 86.5. The summed E-state index contributed by atoms with van der Waals surface area (Å²) in [6.45, 7) is 3.81. The van der Waals surface area contributed by atoms with Gasteiger partial charge in [-0.25, -0.2) is 14.6 Å². The Balaban J connectivity index is 1.27. The molecule has 0 aliphatic carbocycles. The van der Waals surface area contributed by atoms with Crippen LogP contribution in [-0.4, -0.2) is 123 Å². The number of carboxylic acid groups (broad SMARTS) is 3. The molecule has 2 saturated heterocycles. The Morgan fingerprint density at radius 3 is 2.43 bits per heavy atom. The van der Waals surface area contributed by atoms with E-state index in [0.717, 1.165) is 29.1 Å². The van der Waals surface area contributed by atoms with Crippen molar-refractivity contribution in [3.63, 3.8) is 0 Å². The second-order valence-electron chi connectivity index (χ2n) is 13.3. The number of aliphatic carboxylic acids is 3. The molecule has 8 N–H and O–H groups in total. The van der Waals surface area contributed by atoms with Crippen LogP contribution < -0.4 is 16.5 Å². The van der Waals surface area contributed by atoms with Crippen LogP contribution in [0.5, 0.6) is 11.5 Å². The van der Waals surface area contributed by atoms with Gasteiger partial charge in [0.15, 0.2) is 27.8 Å². The van der Waals surface area contributed by atoms with Gasteiger partial charge in [0.1, 0.15) is 40.2 Å². The first kappa shape index (κ1) is 40.6. The van der Waals surface area contributed by atoms with E-state index >= 15 is 0 Å². The maximum atomic E-state index is 13.9. The number of aromatic nitrogens is 2. The minimum Gasteiger partial charge on any atom is -0.504 e. The fourth-order valence-electron chi connectivity index (χ4n) is 7.17. The number of hydrogen-bond donors (Lipinski definition) is 7. The Morgan fingerprint density at radius 1 is 1.14 bits per heavy atom. The molecule has 3 aliphatic rings. The number of aryl methyl sites for hydroxylation is 1. The molecular formula is C33H34Cl2N7O12S2+. The molecule has 2 aromatic heterocycles. The SMILES string of the molecule is CCn1cc(C[N+]2(CC3=C(C(=O)O)N4C(=O)[C@@H](NC(=O)/C(=N\O[C@@H](CC(=O)O)C(=O)O)c5nc(N)sc5Cl)[C@H]4SC3)CCCC2)c(=O)c2c(Cl)c(O)c(O)cc21. The molecule has 56 heavy (non-hydrogen) atoms. The summed E-state index contributed by atoms with van der Waals surface area (Å²) in [6.07, 6.45) is 0.241. The van der Waals surface area contributed by atoms with Crippen molar-refractivity contribution in [1.82, 2.24) is 19.8 Å². The van der Waals surface area contributed by atoms with E-state index in [-0.39, 0.29) is 50.1 Å². The number of halogens is 2. The van der Waals surface area contributed by atoms with Crippen molar-refractivity contribution in [1.29, 1.82) is 0 Å². The first-order chi connectivity index (χ1) is 26.5. The van der Waals surface area contributed by atoms with Gasteiger partial charge in [-0.1, -0.05) is 39.7 Å². The molecule has 23 heteroatoms. The van der Waals surface area contributed by atoms with Gasteiger partial charge in [0, 0.05) is 43.0 Å². The molecule has 3 aromatic rings. The molecule has 19 nitrogen and oxygen atoms in total. The Bertz CT molecular complexity index is 2310. The summed E-state index contributed by atoms with van der Waals surface area (Å²) in [5.74, 6) is -7.41. The van der Waals surface area contributed by atoms with Crippen LogP contribution in [0.2, 0.25) is 9.36 Å². The van der Waals surface area contributed by atoms with E-state index in [1.807, 2.05) is 6.92 Å². The number of oxime groups is 1. The molecule has 2 fully saturated rings. The molecule has 3 aliphatic heterocycles. The molecular weight excluding hydrogens is 821 g/mol. The highest BCUT2D eigenvalue weighted by molar-refractivity contribution is 8.00. The van der Waals surface area contributed by atoms with Gasteiger partial charge in [0.2, 0.25) is 6.10 Å². The van der Waals surface area contributed by atoms with E-state index in [0.29, 0.717) is 40.8 Å². The zero-order valence-corrected chi connectivity index (χ0v) is 32.4. The van der Waals surface area contributed by atoms with Crippen LogP contribution in [0.3, 0.4) is 0 Å². The minimum atomic E-state index is -2.00. The topological polar surface area (TPSA) is 284 Å². The molecule has 0 bridgehead atoms. The fourth-order valence-corrected chi connectivity index (χ4v) is 9.71. The number of anilines is 1. The van der Waals surface area contributed by atoms with Gasteiger partial charge in [0.25, 0.3) is 11.8 Å². The van der Waals surface area contributed by atoms with Crippen molar-refractivity contribution in [3.05, 3.63) is 54.4 Å². The first-order valence-electron chi connectivity index (χ1n) is 16.9. The standard InChI is InChI=1S/C33H33Cl2N7O12S2/c1-2-40-9-13(25(46)19-15(40)7-16(43)26(47)20(19)34)10-42(5-3-4-6-42)11-14-12-55-30-23(29(49)41(30)24(14)32(52)53)37-28(48)22(21-27(35)56-33(36)38-21)39-54-17(31(50)51)8-18(44)45/h7,9,17,23,30H,2-6,8,10-12H2,1H3,(H7-,36,37,38,39,43,44,45,46,47,48,50,51,52,53)/p+1/t17-,23+,30+/m0/s1. The number of aromatic hydroxyl groups is 2. The number of carbonyl (C=O) groups is 5. The van der Waals surface area contributed by atoms with Gasteiger partial charge < -0.3 is 50.5 Å². The van der Waals surface area contributed by atoms with Crippen LogP contribution in [0.15, 0.2) is 33.5 Å². The summed E-state index contributed by atoms with van der Waals surface area (Å²) in [7, 11) is 0. The number of nitrogens with zero attached hydrogens (tertiary/aromatic N) is 5. The molecule has 2 amide bonds. The predicted molar refractivity (Wildman–Crippen MR) is 203 cm³/mol. The van der Waals surface area contributed by atoms with E-state index in [4.69, 9.17) is 38.9 Å². The van der Waals surface area contributed by atoms with Crippen LogP contribution in [0.1, 0.15) is 37.4 Å². The number of fused-ring (bicyclic) bond motifs is 2. The van der Waals surface area contributed by atoms with Gasteiger partial charge >= 0.3 is 17.9 Å². The summed E-state index contributed by atoms with van der Waals surface area (Å²) < 4.78 is 1.89. The van der Waals surface area contributed by atoms with Crippen molar-refractivity contribution in [2.45, 2.75) is 56.8 Å². The fraction of sp³-hybridized carbons (Fsp3) is 0.394. The quantitative estimate of drug-likeness (QED) is 0.0401. The smallest absolute Gasteiger partial charge is 0.352 e. The number of carboxylic acids is 3. The van der Waals surface area contributed by atoms with E-state index in [2.05, 4.69) is 15.5 Å². The lowest BCUT2D eigenvalue weighted by molar-refractivity contribution is -0.925. The number of phenolic OH excluding ortho intramolecular Hbond substituents is 2. The number of β-lactam (4-membered cyclic amide) rings is 1. The lowest BCUT2D eigenvalue weighted by atomic mass is 10.0. The van der Waals surface area contributed by atoms with E-state index in [1.54, 1.807) is 10.8 Å². The second kappa shape index (κ2) is 15.8. The number of quaternary nitrogens is 1. The Kier molecular flexibility index (Phi) is 11.5. The van der Waals surface area contributed by atoms with Crippen LogP contribution in [0.25, 0.3) is 10.9 Å². The third kappa shape index (κ3) is 7.55. The zero-order valence-electron chi connectivity index (χ0n) is 29.2. The van der Waals surface area contributed by atoms with Crippen molar-refractivity contribution in [2.24, 2.45) is 5.16 Å². The zero-order chi connectivity index (χ0) is 40.8. The Morgan fingerprint density at radius 2 is 1.84 bits per heavy atom. The van der Waals surface area contributed by atoms with Crippen molar-refractivity contribution >= 4 is 97.8 Å². The van der Waals surface area contributed by atoms with Crippen LogP contribution >= 0.6 is 46.3 Å². The summed E-state index contributed by atoms with van der Waals surface area (Å²) in [5.41, 5.74) is 5.14. The molecule has 6 rings (SSSR count). The lowest BCUT2D eigenvalue weighted by Gasteiger charge is -2.50. The average molecular weight is 856 g/mol. The Hall–Kier alpha value is -5.09. The molecule has 298 valence electrons. The molecule has 0 saturated carbocycles. The second-order valence-corrected chi connectivity index (χ2v) is 16.4. The lowest BCUT2D eigenvalue weighted by Crippen LogP contribution is -2.71. The number of carbonyl (C=O) groups excluding carboxylic acids is 2. The summed E-state index contributed by atoms with van der Waals surface area (Å²) in [5, 5.41) is 54.2. The maximum Gasteiger partial charge on any atom is 0.352 e. The van der Waals surface area contributed by atoms with Gasteiger partial charge in [-0.3, -0.25) is 24.1 Å². The number of rotatable bonds is 14. The van der Waals surface area contributed by atoms with Crippen molar-refractivity contribution in [2.75, 3.05) is 31.1 Å². The number of nitrogens with one attached hydrogen (secondary N) is 1. The predicted octanol–water partition coefficient (Wildman–Crippen LogP) is 1.98. The van der Waals surface area contributed by atoms with E-state index < -0.39 is 76.3 Å². The monoisotopic (exact) mass is 854 g/mol. The van der Waals surface area contributed by atoms with Gasteiger partial charge in [-0.05, 0) is 6.92 Å². The molecule has 0 radical (unpaired) electrons. The molecule has 0 unspecified atom stereocenters. The minimum absolute atomic E-state index is 0.0432. The largest absolute Gasteiger partial charge is 0.504 e. The highest BCUT2D eigenvalue weighted by atomic mass is 35.5. The van der Waals surface area contributed by atoms with Crippen LogP contribution in [0, 0.1) is 0 Å². The van der Waals surface area contributed by atoms with Crippen LogP contribution in [-0.2, 0) is 41.9 Å². The summed E-state index contributed by atoms with van der Waals surface area (Å²) in [6, 6.07) is -0.00807. The number of pyridine rings is 1. The number of thiazole rings is 1. The average Bonchev–Trinajstić information content (AvgIpc) is 3.74. The number of nitrogen functional groups attached to an aromatic ring is 1. The molecule has 5 heterocycles. The number of amides is 2. The molecule has 1 aromatic carbocycles. The van der Waals surface area contributed by atoms with E-state index in [9.17, 15) is 49.2 Å². The van der Waals surface area contributed by atoms with Gasteiger partial charge in [-0.15, -0.1) is 11.8 Å². The highest BCUT2D eigenvalue weighted by Gasteiger charge is 2.55. The van der Waals surface area contributed by atoms with E-state index in [1.165, 1.54) is 17.8 Å². The number of phenols is 2. The van der Waals surface area contributed by atoms with Crippen LogP contribution in [0.4, 0.5) is 5.13 Å². The van der Waals surface area contributed by atoms with Crippen molar-refractivity contribution < 1.29 is 58.8 Å². The van der Waals surface area contributed by atoms with Gasteiger partial charge in [0.05, 0.1) is 41.0 Å². The number of nitrogens with two attached hydrogens (primary N) is 1. The Labute approximate surface area is 334 Å². The first-order valence-corrected chi connectivity index (χ1v) is 19.5.